The van der Waals surface area contributed by atoms with E-state index < -0.39 is 0 Å². The normalized spacial score (nSPS) is 10.6. The van der Waals surface area contributed by atoms with Crippen molar-refractivity contribution in [2.24, 2.45) is 0 Å². The molecule has 0 aliphatic carbocycles. The topological polar surface area (TPSA) is 34.6 Å². The number of alkyl halides is 1. The number of pyridine rings is 1. The van der Waals surface area contributed by atoms with E-state index in [9.17, 15) is 0 Å². The van der Waals surface area contributed by atoms with Crippen LogP contribution in [0.2, 0.25) is 0 Å². The van der Waals surface area contributed by atoms with Crippen molar-refractivity contribution in [3.63, 3.8) is 0 Å². The fraction of sp³-hybridized carbons (Fsp3) is 0.615. The minimum Gasteiger partial charge on any atom is -0.385 e. The van der Waals surface area contributed by atoms with Gasteiger partial charge in [-0.05, 0) is 12.5 Å². The zero-order valence-corrected chi connectivity index (χ0v) is 12.6. The molecule has 0 aliphatic heterocycles. The molecule has 0 N–H and O–H groups in total. The van der Waals surface area contributed by atoms with Crippen molar-refractivity contribution in [3.8, 4) is 0 Å². The van der Waals surface area contributed by atoms with Crippen LogP contribution >= 0.6 is 15.9 Å². The van der Waals surface area contributed by atoms with E-state index >= 15 is 0 Å². The minimum atomic E-state index is 0.700. The van der Waals surface area contributed by atoms with Crippen molar-refractivity contribution < 1.29 is 9.47 Å². The molecule has 5 heteroatoms. The van der Waals surface area contributed by atoms with Crippen LogP contribution in [0.1, 0.15) is 12.0 Å². The van der Waals surface area contributed by atoms with E-state index in [2.05, 4.69) is 31.9 Å². The van der Waals surface area contributed by atoms with Gasteiger partial charge in [0.05, 0.1) is 6.61 Å². The summed E-state index contributed by atoms with van der Waals surface area (Å²) in [5.74, 6) is 1.03. The molecular weight excluding hydrogens is 296 g/mol. The highest BCUT2D eigenvalue weighted by Crippen LogP contribution is 2.19. The van der Waals surface area contributed by atoms with Crippen molar-refractivity contribution in [3.05, 3.63) is 23.9 Å². The first kappa shape index (κ1) is 15.4. The molecule has 1 aromatic rings. The summed E-state index contributed by atoms with van der Waals surface area (Å²) >= 11 is 3.50. The van der Waals surface area contributed by atoms with E-state index in [-0.39, 0.29) is 0 Å². The molecule has 0 atom stereocenters. The monoisotopic (exact) mass is 316 g/mol. The van der Waals surface area contributed by atoms with E-state index in [1.165, 1.54) is 5.56 Å². The van der Waals surface area contributed by atoms with Gasteiger partial charge in [0, 0.05) is 51.0 Å². The number of nitrogens with zero attached hydrogens (tertiary/aromatic N) is 2. The minimum absolute atomic E-state index is 0.700. The fourth-order valence-electron chi connectivity index (χ4n) is 1.74. The van der Waals surface area contributed by atoms with Crippen LogP contribution in [-0.4, -0.2) is 45.5 Å². The Morgan fingerprint density at radius 2 is 2.00 bits per heavy atom. The number of aromatic nitrogens is 1. The van der Waals surface area contributed by atoms with E-state index in [0.717, 1.165) is 37.3 Å². The number of ether oxygens (including phenoxy) is 2. The molecule has 1 rings (SSSR count). The first-order valence-corrected chi connectivity index (χ1v) is 7.18. The summed E-state index contributed by atoms with van der Waals surface area (Å²) in [6.45, 7) is 3.23. The Labute approximate surface area is 117 Å². The number of anilines is 1. The maximum atomic E-state index is 5.16. The van der Waals surface area contributed by atoms with E-state index in [4.69, 9.17) is 9.47 Å². The van der Waals surface area contributed by atoms with Crippen molar-refractivity contribution in [2.45, 2.75) is 11.8 Å². The van der Waals surface area contributed by atoms with E-state index in [1.807, 2.05) is 12.3 Å². The van der Waals surface area contributed by atoms with Crippen molar-refractivity contribution in [1.29, 1.82) is 0 Å². The molecule has 0 amide bonds. The molecule has 1 heterocycles. The Bertz CT molecular complexity index is 337. The summed E-state index contributed by atoms with van der Waals surface area (Å²) in [7, 11) is 3.45. The Kier molecular flexibility index (Phi) is 7.96. The number of halogens is 1. The lowest BCUT2D eigenvalue weighted by molar-refractivity contribution is 0.191. The second-order valence-corrected chi connectivity index (χ2v) is 4.51. The van der Waals surface area contributed by atoms with Crippen LogP contribution in [-0.2, 0) is 14.8 Å². The maximum absolute atomic E-state index is 5.16. The van der Waals surface area contributed by atoms with E-state index in [0.29, 0.717) is 6.61 Å². The molecule has 4 nitrogen and oxygen atoms in total. The number of methoxy groups -OCH3 is 2. The second kappa shape index (κ2) is 9.30. The zero-order valence-electron chi connectivity index (χ0n) is 11.1. The summed E-state index contributed by atoms with van der Waals surface area (Å²) in [5, 5.41) is 0.809. The van der Waals surface area contributed by atoms with Gasteiger partial charge in [0.2, 0.25) is 0 Å². The molecule has 0 unspecified atom stereocenters. The first-order chi connectivity index (χ1) is 8.83. The average molecular weight is 317 g/mol. The lowest BCUT2D eigenvalue weighted by Crippen LogP contribution is -2.30. The molecule has 102 valence electrons. The van der Waals surface area contributed by atoms with Gasteiger partial charge in [-0.15, -0.1) is 0 Å². The molecular formula is C13H21BrN2O2. The highest BCUT2D eigenvalue weighted by atomic mass is 79.9. The fourth-order valence-corrected chi connectivity index (χ4v) is 2.18. The molecule has 0 aliphatic rings. The average Bonchev–Trinajstić information content (AvgIpc) is 2.42. The molecule has 0 saturated heterocycles. The lowest BCUT2D eigenvalue weighted by Gasteiger charge is -2.25. The third-order valence-corrected chi connectivity index (χ3v) is 3.26. The maximum Gasteiger partial charge on any atom is 0.132 e. The third kappa shape index (κ3) is 4.92. The van der Waals surface area contributed by atoms with Gasteiger partial charge in [-0.1, -0.05) is 22.0 Å². The van der Waals surface area contributed by atoms with Crippen molar-refractivity contribution in [1.82, 2.24) is 4.98 Å². The quantitative estimate of drug-likeness (QED) is 0.518. The smallest absolute Gasteiger partial charge is 0.132 e. The summed E-state index contributed by atoms with van der Waals surface area (Å²) in [6, 6.07) is 4.05. The highest BCUT2D eigenvalue weighted by Gasteiger charge is 2.11. The van der Waals surface area contributed by atoms with Crippen LogP contribution in [0, 0.1) is 0 Å². The molecule has 0 aromatic carbocycles. The van der Waals surface area contributed by atoms with Gasteiger partial charge in [-0.2, -0.15) is 0 Å². The summed E-state index contributed by atoms with van der Waals surface area (Å²) < 4.78 is 10.3. The van der Waals surface area contributed by atoms with Crippen molar-refractivity contribution in [2.75, 3.05) is 45.4 Å². The predicted octanol–water partition coefficient (Wildman–Crippen LogP) is 2.47. The van der Waals surface area contributed by atoms with Crippen LogP contribution in [0.4, 0.5) is 5.82 Å². The van der Waals surface area contributed by atoms with Gasteiger partial charge in [0.15, 0.2) is 0 Å². The molecule has 0 bridgehead atoms. The third-order valence-electron chi connectivity index (χ3n) is 2.65. The number of hydrogen-bond donors (Lipinski definition) is 0. The molecule has 18 heavy (non-hydrogen) atoms. The molecule has 0 fully saturated rings. The molecule has 0 saturated carbocycles. The van der Waals surface area contributed by atoms with Crippen molar-refractivity contribution >= 4 is 21.7 Å². The Balaban J connectivity index is 2.72. The highest BCUT2D eigenvalue weighted by molar-refractivity contribution is 9.08. The van der Waals surface area contributed by atoms with Gasteiger partial charge in [-0.25, -0.2) is 4.98 Å². The first-order valence-electron chi connectivity index (χ1n) is 6.06. The van der Waals surface area contributed by atoms with Gasteiger partial charge in [0.25, 0.3) is 0 Å². The number of hydrogen-bond acceptors (Lipinski definition) is 4. The Morgan fingerprint density at radius 1 is 1.22 bits per heavy atom. The van der Waals surface area contributed by atoms with Gasteiger partial charge >= 0.3 is 0 Å². The van der Waals surface area contributed by atoms with Gasteiger partial charge < -0.3 is 14.4 Å². The summed E-state index contributed by atoms with van der Waals surface area (Å²) in [6.07, 6.45) is 2.82. The largest absolute Gasteiger partial charge is 0.385 e. The summed E-state index contributed by atoms with van der Waals surface area (Å²) in [5.41, 5.74) is 1.20. The molecule has 0 radical (unpaired) electrons. The van der Waals surface area contributed by atoms with Crippen LogP contribution in [0.3, 0.4) is 0 Å². The van der Waals surface area contributed by atoms with Gasteiger partial charge in [0.1, 0.15) is 5.82 Å². The zero-order chi connectivity index (χ0) is 13.2. The molecule has 0 spiro atoms. The Hall–Kier alpha value is -0.650. The Morgan fingerprint density at radius 3 is 2.67 bits per heavy atom. The SMILES string of the molecule is COCCCN(CCOC)c1ncccc1CBr. The van der Waals surface area contributed by atoms with E-state index in [1.54, 1.807) is 14.2 Å². The second-order valence-electron chi connectivity index (χ2n) is 3.95. The van der Waals surface area contributed by atoms with Crippen LogP contribution in [0.15, 0.2) is 18.3 Å². The number of rotatable bonds is 9. The van der Waals surface area contributed by atoms with Crippen LogP contribution in [0.5, 0.6) is 0 Å². The van der Waals surface area contributed by atoms with Crippen LogP contribution < -0.4 is 4.90 Å². The van der Waals surface area contributed by atoms with Crippen LogP contribution in [0.25, 0.3) is 0 Å². The predicted molar refractivity (Wildman–Crippen MR) is 77.5 cm³/mol. The van der Waals surface area contributed by atoms with Gasteiger partial charge in [-0.3, -0.25) is 0 Å². The lowest BCUT2D eigenvalue weighted by atomic mass is 10.2. The molecule has 1 aromatic heterocycles. The standard InChI is InChI=1S/C13H21BrN2O2/c1-17-9-4-7-16(8-10-18-2)13-12(11-14)5-3-6-15-13/h3,5-6H,4,7-11H2,1-2H3. The summed E-state index contributed by atoms with van der Waals surface area (Å²) in [4.78, 5) is 6.73.